The van der Waals surface area contributed by atoms with E-state index in [2.05, 4.69) is 28.2 Å². The molecule has 0 heterocycles. The normalized spacial score (nSPS) is 13.2. The van der Waals surface area contributed by atoms with Crippen LogP contribution in [0.1, 0.15) is 19.8 Å². The lowest BCUT2D eigenvalue weighted by Gasteiger charge is -2.41. The third-order valence-corrected chi connectivity index (χ3v) is 3.29. The van der Waals surface area contributed by atoms with Crippen LogP contribution in [-0.4, -0.2) is 46.1 Å². The molecule has 0 radical (unpaired) electrons. The highest BCUT2D eigenvalue weighted by Crippen LogP contribution is 2.18. The molecule has 0 atom stereocenters. The molecule has 0 saturated heterocycles. The smallest absolute Gasteiger partial charge is 0.0725 e. The van der Waals surface area contributed by atoms with Gasteiger partial charge in [0.1, 0.15) is 0 Å². The monoisotopic (exact) mass is 217 g/mol. The van der Waals surface area contributed by atoms with Crippen LogP contribution in [0.5, 0.6) is 0 Å². The van der Waals surface area contributed by atoms with Crippen LogP contribution in [0.15, 0.2) is 0 Å². The Kier molecular flexibility index (Phi) is 6.31. The van der Waals surface area contributed by atoms with Crippen LogP contribution in [0.2, 0.25) is 0 Å². The lowest BCUT2D eigenvalue weighted by Crippen LogP contribution is -2.64. The van der Waals surface area contributed by atoms with E-state index in [0.29, 0.717) is 6.54 Å². The van der Waals surface area contributed by atoms with Gasteiger partial charge in [-0.3, -0.25) is 0 Å². The summed E-state index contributed by atoms with van der Waals surface area (Å²) in [6.07, 6.45) is 1.79. The minimum absolute atomic E-state index is 0.110. The van der Waals surface area contributed by atoms with Crippen LogP contribution in [0.25, 0.3) is 0 Å². The van der Waals surface area contributed by atoms with E-state index in [1.807, 2.05) is 28.2 Å². The van der Waals surface area contributed by atoms with E-state index in [4.69, 9.17) is 5.73 Å². The van der Waals surface area contributed by atoms with Crippen molar-refractivity contribution in [2.75, 3.05) is 34.7 Å². The zero-order valence-electron chi connectivity index (χ0n) is 10.7. The summed E-state index contributed by atoms with van der Waals surface area (Å²) in [4.78, 5) is 0. The van der Waals surface area contributed by atoms with Gasteiger partial charge < -0.3 is 27.0 Å². The second kappa shape index (κ2) is 6.40. The molecule has 15 heavy (non-hydrogen) atoms. The maximum absolute atomic E-state index is 5.65. The number of rotatable bonds is 8. The Morgan fingerprint density at radius 3 is 1.67 bits per heavy atom. The van der Waals surface area contributed by atoms with E-state index < -0.39 is 0 Å². The molecule has 0 bridgehead atoms. The summed E-state index contributed by atoms with van der Waals surface area (Å²) in [6, 6.07) is 0. The van der Waals surface area contributed by atoms with Crippen molar-refractivity contribution < 1.29 is 0 Å². The Balaban J connectivity index is 4.63. The summed E-state index contributed by atoms with van der Waals surface area (Å²) in [7, 11) is 7.82. The minimum Gasteiger partial charge on any atom is -0.330 e. The van der Waals surface area contributed by atoms with Gasteiger partial charge in [0.25, 0.3) is 0 Å². The molecule has 0 aromatic rings. The highest BCUT2D eigenvalue weighted by molar-refractivity contribution is 4.92. The maximum atomic E-state index is 5.65. The van der Waals surface area contributed by atoms with Crippen molar-refractivity contribution in [2.45, 2.75) is 31.1 Å². The zero-order chi connectivity index (χ0) is 11.9. The van der Waals surface area contributed by atoms with Gasteiger partial charge in [0.05, 0.1) is 11.3 Å². The number of nitrogens with two attached hydrogens (primary N) is 1. The zero-order valence-corrected chi connectivity index (χ0v) is 10.7. The molecule has 0 aromatic carbocycles. The van der Waals surface area contributed by atoms with Crippen molar-refractivity contribution in [1.82, 2.24) is 21.3 Å². The fourth-order valence-corrected chi connectivity index (χ4v) is 1.79. The summed E-state index contributed by atoms with van der Waals surface area (Å²) in [5.41, 5.74) is 5.41. The van der Waals surface area contributed by atoms with E-state index in [-0.39, 0.29) is 11.3 Å². The largest absolute Gasteiger partial charge is 0.330 e. The van der Waals surface area contributed by atoms with Gasteiger partial charge in [-0.1, -0.05) is 0 Å². The maximum Gasteiger partial charge on any atom is 0.0725 e. The SMILES string of the molecule is CNC(C)(CC(CCN)(NC)NC)NC. The Morgan fingerprint density at radius 2 is 1.40 bits per heavy atom. The van der Waals surface area contributed by atoms with Gasteiger partial charge >= 0.3 is 0 Å². The van der Waals surface area contributed by atoms with Crippen LogP contribution in [0.4, 0.5) is 0 Å². The number of hydrogen-bond acceptors (Lipinski definition) is 5. The highest BCUT2D eigenvalue weighted by Gasteiger charge is 2.34. The molecule has 0 aliphatic carbocycles. The Hall–Kier alpha value is -0.200. The second-order valence-electron chi connectivity index (χ2n) is 4.13. The highest BCUT2D eigenvalue weighted by atomic mass is 15.2. The number of hydrogen-bond donors (Lipinski definition) is 5. The predicted molar refractivity (Wildman–Crippen MR) is 65.7 cm³/mol. The van der Waals surface area contributed by atoms with Crippen molar-refractivity contribution in [3.63, 3.8) is 0 Å². The third-order valence-electron chi connectivity index (χ3n) is 3.29. The van der Waals surface area contributed by atoms with E-state index in [9.17, 15) is 0 Å². The molecule has 0 spiro atoms. The molecular weight excluding hydrogens is 190 g/mol. The summed E-state index contributed by atoms with van der Waals surface area (Å²) in [6.45, 7) is 2.79. The van der Waals surface area contributed by atoms with Gasteiger partial charge in [0.15, 0.2) is 0 Å². The third kappa shape index (κ3) is 4.04. The predicted octanol–water partition coefficient (Wildman–Crippen LogP) is -0.985. The first-order valence-corrected chi connectivity index (χ1v) is 5.47. The molecule has 0 aliphatic rings. The molecule has 0 saturated carbocycles. The van der Waals surface area contributed by atoms with Gasteiger partial charge in [-0.15, -0.1) is 0 Å². The lowest BCUT2D eigenvalue weighted by atomic mass is 9.93. The topological polar surface area (TPSA) is 74.1 Å². The van der Waals surface area contributed by atoms with E-state index >= 15 is 0 Å². The van der Waals surface area contributed by atoms with Crippen molar-refractivity contribution in [1.29, 1.82) is 0 Å². The molecule has 0 fully saturated rings. The van der Waals surface area contributed by atoms with Gasteiger partial charge in [0.2, 0.25) is 0 Å². The van der Waals surface area contributed by atoms with E-state index in [1.54, 1.807) is 0 Å². The molecule has 6 N–H and O–H groups in total. The molecule has 5 nitrogen and oxygen atoms in total. The minimum atomic E-state index is -0.129. The molecular formula is C10H27N5. The average molecular weight is 217 g/mol. The first kappa shape index (κ1) is 14.8. The Labute approximate surface area is 93.6 Å². The fraction of sp³-hybridized carbons (Fsp3) is 1.00. The van der Waals surface area contributed by atoms with Crippen LogP contribution in [0.3, 0.4) is 0 Å². The van der Waals surface area contributed by atoms with Crippen LogP contribution < -0.4 is 27.0 Å². The average Bonchev–Trinajstić information content (AvgIpc) is 2.28. The van der Waals surface area contributed by atoms with E-state index in [1.165, 1.54) is 0 Å². The summed E-state index contributed by atoms with van der Waals surface area (Å²) in [5.74, 6) is 0. The number of nitrogens with one attached hydrogen (secondary N) is 4. The van der Waals surface area contributed by atoms with Crippen molar-refractivity contribution >= 4 is 0 Å². The van der Waals surface area contributed by atoms with Crippen LogP contribution >= 0.6 is 0 Å². The molecule has 0 aliphatic heterocycles. The van der Waals surface area contributed by atoms with Gasteiger partial charge in [-0.2, -0.15) is 0 Å². The van der Waals surface area contributed by atoms with Gasteiger partial charge in [-0.25, -0.2) is 0 Å². The van der Waals surface area contributed by atoms with Crippen LogP contribution in [-0.2, 0) is 0 Å². The lowest BCUT2D eigenvalue weighted by molar-refractivity contribution is 0.163. The molecule has 0 aromatic heterocycles. The van der Waals surface area contributed by atoms with Crippen LogP contribution in [0, 0.1) is 0 Å². The molecule has 0 amide bonds. The molecule has 92 valence electrons. The quantitative estimate of drug-likeness (QED) is 0.338. The Morgan fingerprint density at radius 1 is 0.933 bits per heavy atom. The Bertz CT molecular complexity index is 163. The van der Waals surface area contributed by atoms with E-state index in [0.717, 1.165) is 12.8 Å². The molecule has 0 rings (SSSR count). The summed E-state index contributed by atoms with van der Waals surface area (Å²) < 4.78 is 0. The first-order valence-electron chi connectivity index (χ1n) is 5.47. The molecule has 5 heteroatoms. The van der Waals surface area contributed by atoms with Gasteiger partial charge in [0, 0.05) is 6.42 Å². The summed E-state index contributed by atoms with van der Waals surface area (Å²) >= 11 is 0. The molecule has 0 unspecified atom stereocenters. The second-order valence-corrected chi connectivity index (χ2v) is 4.13. The summed E-state index contributed by atoms with van der Waals surface area (Å²) in [5, 5.41) is 13.2. The van der Waals surface area contributed by atoms with Crippen molar-refractivity contribution in [3.8, 4) is 0 Å². The van der Waals surface area contributed by atoms with Crippen molar-refractivity contribution in [2.24, 2.45) is 5.73 Å². The first-order chi connectivity index (χ1) is 7.01. The standard InChI is InChI=1S/C10H27N5/c1-9(12-2,13-3)8-10(14-4,15-5)6-7-11/h12-15H,6-8,11H2,1-5H3. The fourth-order valence-electron chi connectivity index (χ4n) is 1.79. The van der Waals surface area contributed by atoms with Crippen molar-refractivity contribution in [3.05, 3.63) is 0 Å². The van der Waals surface area contributed by atoms with Gasteiger partial charge in [-0.05, 0) is 48.1 Å².